The van der Waals surface area contributed by atoms with Crippen molar-refractivity contribution in [3.8, 4) is 0 Å². The molecule has 0 bridgehead atoms. The largest absolute Gasteiger partial charge is 0.343 e. The molecule has 1 N–H and O–H groups in total. The third-order valence-electron chi connectivity index (χ3n) is 5.23. The number of carbonyl (C=O) groups excluding carboxylic acids is 1. The van der Waals surface area contributed by atoms with Gasteiger partial charge in [0.05, 0.1) is 17.2 Å². The van der Waals surface area contributed by atoms with Crippen LogP contribution in [0.1, 0.15) is 36.6 Å². The van der Waals surface area contributed by atoms with Gasteiger partial charge in [-0.3, -0.25) is 9.89 Å². The number of likely N-dealkylation sites (tertiary alicyclic amines) is 1. The van der Waals surface area contributed by atoms with Crippen LogP contribution in [0.5, 0.6) is 0 Å². The van der Waals surface area contributed by atoms with Crippen LogP contribution in [0.4, 0.5) is 0 Å². The number of hydrogen-bond donors (Lipinski definition) is 1. The second-order valence-electron chi connectivity index (χ2n) is 7.08. The predicted molar refractivity (Wildman–Crippen MR) is 91.6 cm³/mol. The lowest BCUT2D eigenvalue weighted by atomic mass is 9.93. The van der Waals surface area contributed by atoms with Gasteiger partial charge in [-0.15, -0.1) is 0 Å². The third-order valence-corrected chi connectivity index (χ3v) is 6.92. The maximum Gasteiger partial charge on any atom is 0.224 e. The van der Waals surface area contributed by atoms with Gasteiger partial charge < -0.3 is 9.80 Å². The van der Waals surface area contributed by atoms with Crippen LogP contribution in [0.25, 0.3) is 0 Å². The Morgan fingerprint density at radius 1 is 1.33 bits per heavy atom. The molecular weight excluding hydrogens is 328 g/mol. The number of nitrogens with one attached hydrogen (secondary N) is 1. The van der Waals surface area contributed by atoms with Crippen LogP contribution >= 0.6 is 0 Å². The van der Waals surface area contributed by atoms with E-state index in [4.69, 9.17) is 0 Å². The van der Waals surface area contributed by atoms with E-state index in [1.165, 1.54) is 0 Å². The van der Waals surface area contributed by atoms with Crippen molar-refractivity contribution in [3.05, 3.63) is 17.5 Å². The highest BCUT2D eigenvalue weighted by atomic mass is 32.2. The number of carbonyl (C=O) groups is 1. The van der Waals surface area contributed by atoms with Gasteiger partial charge in [0.2, 0.25) is 5.91 Å². The van der Waals surface area contributed by atoms with Gasteiger partial charge in [0.1, 0.15) is 0 Å². The highest BCUT2D eigenvalue weighted by molar-refractivity contribution is 7.91. The van der Waals surface area contributed by atoms with Crippen LogP contribution < -0.4 is 0 Å². The van der Waals surface area contributed by atoms with Gasteiger partial charge >= 0.3 is 0 Å². The van der Waals surface area contributed by atoms with Gasteiger partial charge in [-0.1, -0.05) is 0 Å². The first kappa shape index (κ1) is 17.4. The Bertz CT molecular complexity index is 692. The first-order valence-corrected chi connectivity index (χ1v) is 10.4. The number of hydrogen-bond acceptors (Lipinski definition) is 5. The summed E-state index contributed by atoms with van der Waals surface area (Å²) in [5.74, 6) is 0.762. The Hall–Kier alpha value is -1.41. The molecular formula is C16H26N4O3S. The van der Waals surface area contributed by atoms with E-state index in [0.717, 1.165) is 37.3 Å². The van der Waals surface area contributed by atoms with E-state index in [1.807, 2.05) is 23.8 Å². The average molecular weight is 354 g/mol. The molecule has 7 nitrogen and oxygen atoms in total. The highest BCUT2D eigenvalue weighted by Crippen LogP contribution is 2.27. The molecule has 2 saturated heterocycles. The van der Waals surface area contributed by atoms with E-state index < -0.39 is 9.84 Å². The lowest BCUT2D eigenvalue weighted by molar-refractivity contribution is -0.133. The molecule has 0 spiro atoms. The SMILES string of the molecule is Cc1cc(C2CCN(C(=O)CC3CS(=O)(=O)CCN3C)CC2)n[nH]1. The van der Waals surface area contributed by atoms with Crippen LogP contribution in [0.3, 0.4) is 0 Å². The molecule has 1 unspecified atom stereocenters. The number of aromatic amines is 1. The van der Waals surface area contributed by atoms with E-state index in [2.05, 4.69) is 16.3 Å². The Kier molecular flexibility index (Phi) is 4.96. The Morgan fingerprint density at radius 3 is 2.67 bits per heavy atom. The van der Waals surface area contributed by atoms with Crippen molar-refractivity contribution in [2.45, 2.75) is 38.1 Å². The summed E-state index contributed by atoms with van der Waals surface area (Å²) in [5.41, 5.74) is 2.14. The van der Waals surface area contributed by atoms with Crippen LogP contribution in [0.15, 0.2) is 6.07 Å². The fraction of sp³-hybridized carbons (Fsp3) is 0.750. The maximum absolute atomic E-state index is 12.6. The van der Waals surface area contributed by atoms with Gasteiger partial charge in [0.25, 0.3) is 0 Å². The quantitative estimate of drug-likeness (QED) is 0.856. The van der Waals surface area contributed by atoms with Crippen LogP contribution in [-0.4, -0.2) is 78.6 Å². The lowest BCUT2D eigenvalue weighted by Crippen LogP contribution is -2.49. The molecule has 2 aliphatic heterocycles. The zero-order valence-electron chi connectivity index (χ0n) is 14.4. The third kappa shape index (κ3) is 3.97. The van der Waals surface area contributed by atoms with Gasteiger partial charge in [-0.2, -0.15) is 5.10 Å². The van der Waals surface area contributed by atoms with E-state index in [0.29, 0.717) is 18.9 Å². The number of sulfone groups is 1. The van der Waals surface area contributed by atoms with Crippen molar-refractivity contribution < 1.29 is 13.2 Å². The molecule has 8 heteroatoms. The zero-order valence-corrected chi connectivity index (χ0v) is 15.2. The van der Waals surface area contributed by atoms with Crippen LogP contribution in [-0.2, 0) is 14.6 Å². The van der Waals surface area contributed by atoms with E-state index in [-0.39, 0.29) is 23.5 Å². The molecule has 3 heterocycles. The van der Waals surface area contributed by atoms with Crippen molar-refractivity contribution >= 4 is 15.7 Å². The molecule has 134 valence electrons. The molecule has 24 heavy (non-hydrogen) atoms. The summed E-state index contributed by atoms with van der Waals surface area (Å²) >= 11 is 0. The summed E-state index contributed by atoms with van der Waals surface area (Å²) in [6.45, 7) is 3.95. The monoisotopic (exact) mass is 354 g/mol. The van der Waals surface area contributed by atoms with E-state index >= 15 is 0 Å². The summed E-state index contributed by atoms with van der Waals surface area (Å²) in [6, 6.07) is 1.88. The first-order chi connectivity index (χ1) is 11.3. The number of aryl methyl sites for hydroxylation is 1. The molecule has 1 aromatic rings. The summed E-state index contributed by atoms with van der Waals surface area (Å²) in [5, 5.41) is 7.30. The van der Waals surface area contributed by atoms with Crippen LogP contribution in [0, 0.1) is 6.92 Å². The van der Waals surface area contributed by atoms with Gasteiger partial charge in [-0.05, 0) is 32.9 Å². The molecule has 2 fully saturated rings. The fourth-order valence-electron chi connectivity index (χ4n) is 3.59. The molecule has 1 aromatic heterocycles. The molecule has 0 saturated carbocycles. The standard InChI is InChI=1S/C16H26N4O3S/c1-12-9-15(18-17-12)13-3-5-20(6-4-13)16(21)10-14-11-24(22,23)8-7-19(14)2/h9,13-14H,3-8,10-11H2,1-2H3,(H,17,18). The van der Waals surface area contributed by atoms with Gasteiger partial charge in [-0.25, -0.2) is 8.42 Å². The fourth-order valence-corrected chi connectivity index (χ4v) is 5.28. The molecule has 2 aliphatic rings. The summed E-state index contributed by atoms with van der Waals surface area (Å²) in [4.78, 5) is 16.4. The van der Waals surface area contributed by atoms with Crippen molar-refractivity contribution in [2.24, 2.45) is 0 Å². The van der Waals surface area contributed by atoms with Gasteiger partial charge in [0.15, 0.2) is 9.84 Å². The predicted octanol–water partition coefficient (Wildman–Crippen LogP) is 0.543. The Balaban J connectivity index is 1.53. The number of nitrogens with zero attached hydrogens (tertiary/aromatic N) is 3. The van der Waals surface area contributed by atoms with E-state index in [9.17, 15) is 13.2 Å². The lowest BCUT2D eigenvalue weighted by Gasteiger charge is -2.35. The molecule has 0 aliphatic carbocycles. The first-order valence-electron chi connectivity index (χ1n) is 8.54. The smallest absolute Gasteiger partial charge is 0.224 e. The normalized spacial score (nSPS) is 25.8. The van der Waals surface area contributed by atoms with Crippen LogP contribution in [0.2, 0.25) is 0 Å². The van der Waals surface area contributed by atoms with Crippen molar-refractivity contribution in [3.63, 3.8) is 0 Å². The van der Waals surface area contributed by atoms with Gasteiger partial charge in [0, 0.05) is 43.7 Å². The number of aromatic nitrogens is 2. The van der Waals surface area contributed by atoms with Crippen molar-refractivity contribution in [2.75, 3.05) is 38.2 Å². The van der Waals surface area contributed by atoms with E-state index in [1.54, 1.807) is 0 Å². The zero-order chi connectivity index (χ0) is 17.3. The summed E-state index contributed by atoms with van der Waals surface area (Å²) in [6.07, 6.45) is 2.12. The second-order valence-corrected chi connectivity index (χ2v) is 9.31. The number of H-pyrrole nitrogens is 1. The second kappa shape index (κ2) is 6.84. The van der Waals surface area contributed by atoms with Crippen molar-refractivity contribution in [1.29, 1.82) is 0 Å². The molecule has 1 amide bonds. The number of piperidine rings is 1. The highest BCUT2D eigenvalue weighted by Gasteiger charge is 2.32. The summed E-state index contributed by atoms with van der Waals surface area (Å²) < 4.78 is 23.6. The molecule has 3 rings (SSSR count). The Labute approximate surface area is 143 Å². The maximum atomic E-state index is 12.6. The molecule has 0 radical (unpaired) electrons. The minimum atomic E-state index is -3.01. The Morgan fingerprint density at radius 2 is 2.04 bits per heavy atom. The topological polar surface area (TPSA) is 86.4 Å². The molecule has 0 aromatic carbocycles. The minimum absolute atomic E-state index is 0.0700. The molecule has 1 atom stereocenters. The minimum Gasteiger partial charge on any atom is -0.343 e. The number of rotatable bonds is 3. The average Bonchev–Trinajstić information content (AvgIpc) is 2.97. The number of amides is 1. The summed E-state index contributed by atoms with van der Waals surface area (Å²) in [7, 11) is -1.11. The van der Waals surface area contributed by atoms with Crippen molar-refractivity contribution in [1.82, 2.24) is 20.0 Å².